The van der Waals surface area contributed by atoms with Crippen LogP contribution in [0.5, 0.6) is 5.19 Å². The molecule has 0 aliphatic carbocycles. The highest BCUT2D eigenvalue weighted by Crippen LogP contribution is 2.33. The van der Waals surface area contributed by atoms with Gasteiger partial charge in [0, 0.05) is 44.9 Å². The maximum atomic E-state index is 12.9. The molecule has 4 heterocycles. The van der Waals surface area contributed by atoms with Gasteiger partial charge in [0.2, 0.25) is 5.95 Å². The summed E-state index contributed by atoms with van der Waals surface area (Å²) in [7, 11) is -3.23. The summed E-state index contributed by atoms with van der Waals surface area (Å²) in [4.78, 5) is 16.1. The van der Waals surface area contributed by atoms with Crippen molar-refractivity contribution in [2.45, 2.75) is 70.8 Å². The molecule has 5 rings (SSSR count). The van der Waals surface area contributed by atoms with Gasteiger partial charge in [0.25, 0.3) is 5.19 Å². The Morgan fingerprint density at radius 1 is 1.18 bits per heavy atom. The molecule has 3 aromatic rings. The lowest BCUT2D eigenvalue weighted by Crippen LogP contribution is -2.40. The number of nitrogens with one attached hydrogen (secondary N) is 1. The molecule has 0 spiro atoms. The van der Waals surface area contributed by atoms with E-state index < -0.39 is 15.2 Å². The van der Waals surface area contributed by atoms with E-state index >= 15 is 0 Å². The summed E-state index contributed by atoms with van der Waals surface area (Å²) in [6.45, 7) is 8.64. The molecule has 0 saturated carbocycles. The molecule has 1 unspecified atom stereocenters. The first-order valence-electron chi connectivity index (χ1n) is 14.1. The fourth-order valence-corrected chi connectivity index (χ4v) is 7.79. The summed E-state index contributed by atoms with van der Waals surface area (Å²) in [6.07, 6.45) is 11.3. The highest BCUT2D eigenvalue weighted by atomic mass is 32.2. The van der Waals surface area contributed by atoms with Gasteiger partial charge >= 0.3 is 0 Å². The second kappa shape index (κ2) is 12.3. The number of aryl methyl sites for hydroxylation is 1. The van der Waals surface area contributed by atoms with Crippen molar-refractivity contribution < 1.29 is 13.2 Å². The van der Waals surface area contributed by atoms with Gasteiger partial charge in [-0.25, -0.2) is 23.4 Å². The van der Waals surface area contributed by atoms with E-state index in [0.29, 0.717) is 24.1 Å². The SMILES string of the molecule is CCCc1cnc(N2CCC(Oc3nc4ccc(C5=CC(S(=O)(=O)CCC(C)C)NCC5)cc4s3)CC2)nc1. The largest absolute Gasteiger partial charge is 0.467 e. The molecule has 10 heteroatoms. The van der Waals surface area contributed by atoms with Crippen molar-refractivity contribution in [1.82, 2.24) is 20.3 Å². The third-order valence-electron chi connectivity index (χ3n) is 7.42. The second-order valence-electron chi connectivity index (χ2n) is 11.0. The zero-order valence-electron chi connectivity index (χ0n) is 23.1. The Morgan fingerprint density at radius 3 is 2.67 bits per heavy atom. The maximum Gasteiger partial charge on any atom is 0.274 e. The topological polar surface area (TPSA) is 97.3 Å². The molecule has 1 aromatic carbocycles. The summed E-state index contributed by atoms with van der Waals surface area (Å²) < 4.78 is 33.1. The molecule has 1 fully saturated rings. The number of aromatic nitrogens is 3. The lowest BCUT2D eigenvalue weighted by Gasteiger charge is -2.31. The molecule has 0 amide bonds. The Hall–Kier alpha value is -2.56. The van der Waals surface area contributed by atoms with Gasteiger partial charge < -0.3 is 9.64 Å². The third kappa shape index (κ3) is 6.96. The molecular weight excluding hydrogens is 530 g/mol. The van der Waals surface area contributed by atoms with E-state index in [0.717, 1.165) is 72.5 Å². The van der Waals surface area contributed by atoms with Crippen molar-refractivity contribution >= 4 is 42.9 Å². The molecule has 210 valence electrons. The zero-order chi connectivity index (χ0) is 27.4. The Balaban J connectivity index is 1.21. The van der Waals surface area contributed by atoms with E-state index in [1.165, 1.54) is 5.56 Å². The highest BCUT2D eigenvalue weighted by molar-refractivity contribution is 7.92. The summed E-state index contributed by atoms with van der Waals surface area (Å²) in [5.41, 5.74) is 4.22. The lowest BCUT2D eigenvalue weighted by molar-refractivity contribution is 0.170. The van der Waals surface area contributed by atoms with E-state index in [1.807, 2.05) is 30.6 Å². The molecule has 1 N–H and O–H groups in total. The first-order chi connectivity index (χ1) is 18.8. The standard InChI is InChI=1S/C29H39N5O3S2/c1-4-5-21-18-31-28(32-19-21)34-13-9-24(10-14-34)37-29-33-25-7-6-22(16-26(25)38-29)23-8-12-30-27(17-23)39(35,36)15-11-20(2)3/h6-7,16-20,24,27,30H,4-5,8-15H2,1-3H3. The minimum absolute atomic E-state index is 0.115. The van der Waals surface area contributed by atoms with Crippen LogP contribution in [-0.2, 0) is 16.3 Å². The molecule has 0 bridgehead atoms. The predicted molar refractivity (Wildman–Crippen MR) is 159 cm³/mol. The van der Waals surface area contributed by atoms with Gasteiger partial charge in [-0.3, -0.25) is 5.32 Å². The normalized spacial score (nSPS) is 19.0. The smallest absolute Gasteiger partial charge is 0.274 e. The van der Waals surface area contributed by atoms with Gasteiger partial charge in [0.1, 0.15) is 11.5 Å². The number of anilines is 1. The first-order valence-corrected chi connectivity index (χ1v) is 16.6. The van der Waals surface area contributed by atoms with E-state index in [2.05, 4.69) is 47.0 Å². The molecule has 2 aromatic heterocycles. The van der Waals surface area contributed by atoms with Crippen LogP contribution < -0.4 is 15.0 Å². The van der Waals surface area contributed by atoms with Crippen LogP contribution in [0.3, 0.4) is 0 Å². The van der Waals surface area contributed by atoms with Crippen LogP contribution in [0.25, 0.3) is 15.8 Å². The number of benzene rings is 1. The van der Waals surface area contributed by atoms with Crippen LogP contribution in [0.15, 0.2) is 36.7 Å². The Morgan fingerprint density at radius 2 is 1.95 bits per heavy atom. The molecule has 0 radical (unpaired) electrons. The maximum absolute atomic E-state index is 12.9. The van der Waals surface area contributed by atoms with Crippen molar-refractivity contribution in [2.24, 2.45) is 5.92 Å². The fourth-order valence-electron chi connectivity index (χ4n) is 5.07. The van der Waals surface area contributed by atoms with Crippen LogP contribution in [0.1, 0.15) is 64.0 Å². The van der Waals surface area contributed by atoms with E-state index in [9.17, 15) is 8.42 Å². The number of piperidine rings is 1. The molecule has 2 aliphatic heterocycles. The number of hydrogen-bond acceptors (Lipinski definition) is 9. The van der Waals surface area contributed by atoms with Crippen LogP contribution in [0.4, 0.5) is 5.95 Å². The summed E-state index contributed by atoms with van der Waals surface area (Å²) >= 11 is 1.56. The van der Waals surface area contributed by atoms with Gasteiger partial charge in [-0.1, -0.05) is 44.6 Å². The van der Waals surface area contributed by atoms with Crippen molar-refractivity contribution in [3.8, 4) is 5.19 Å². The van der Waals surface area contributed by atoms with Gasteiger partial charge in [0.15, 0.2) is 9.84 Å². The number of thiazole rings is 1. The molecule has 2 aliphatic rings. The zero-order valence-corrected chi connectivity index (χ0v) is 24.7. The number of fused-ring (bicyclic) bond motifs is 1. The molecule has 1 saturated heterocycles. The van der Waals surface area contributed by atoms with E-state index in [1.54, 1.807) is 11.3 Å². The molecule has 39 heavy (non-hydrogen) atoms. The Bertz CT molecular complexity index is 1390. The minimum Gasteiger partial charge on any atom is -0.467 e. The average Bonchev–Trinajstić information content (AvgIpc) is 3.35. The van der Waals surface area contributed by atoms with Crippen molar-refractivity contribution in [3.63, 3.8) is 0 Å². The molecule has 1 atom stereocenters. The number of nitrogens with zero attached hydrogens (tertiary/aromatic N) is 4. The summed E-state index contributed by atoms with van der Waals surface area (Å²) in [6, 6.07) is 6.18. The Labute approximate surface area is 235 Å². The van der Waals surface area contributed by atoms with Gasteiger partial charge in [-0.05, 0) is 60.1 Å². The number of hydrogen-bond donors (Lipinski definition) is 1. The van der Waals surface area contributed by atoms with Crippen molar-refractivity contribution in [1.29, 1.82) is 0 Å². The van der Waals surface area contributed by atoms with Crippen LogP contribution in [0.2, 0.25) is 0 Å². The quantitative estimate of drug-likeness (QED) is 0.354. The van der Waals surface area contributed by atoms with Gasteiger partial charge in [-0.2, -0.15) is 0 Å². The number of rotatable bonds is 10. The summed E-state index contributed by atoms with van der Waals surface area (Å²) in [5, 5.41) is 3.25. The van der Waals surface area contributed by atoms with Crippen molar-refractivity contribution in [3.05, 3.63) is 47.8 Å². The number of ether oxygens (including phenoxy) is 1. The number of sulfone groups is 1. The summed E-state index contributed by atoms with van der Waals surface area (Å²) in [5.74, 6) is 1.36. The fraction of sp³-hybridized carbons (Fsp3) is 0.552. The predicted octanol–water partition coefficient (Wildman–Crippen LogP) is 5.25. The van der Waals surface area contributed by atoms with E-state index in [-0.39, 0.29) is 11.9 Å². The molecular formula is C29H39N5O3S2. The van der Waals surface area contributed by atoms with Gasteiger partial charge in [-0.15, -0.1) is 0 Å². The monoisotopic (exact) mass is 569 g/mol. The highest BCUT2D eigenvalue weighted by Gasteiger charge is 2.27. The van der Waals surface area contributed by atoms with E-state index in [4.69, 9.17) is 9.72 Å². The van der Waals surface area contributed by atoms with Gasteiger partial charge in [0.05, 0.1) is 16.0 Å². The molecule has 8 nitrogen and oxygen atoms in total. The Kier molecular flexibility index (Phi) is 8.83. The second-order valence-corrected chi connectivity index (χ2v) is 14.2. The average molecular weight is 570 g/mol. The van der Waals surface area contributed by atoms with Crippen molar-refractivity contribution in [2.75, 3.05) is 30.3 Å². The van der Waals surface area contributed by atoms with Crippen LogP contribution in [0, 0.1) is 5.92 Å². The first kappa shape index (κ1) is 28.0. The minimum atomic E-state index is -3.23. The lowest BCUT2D eigenvalue weighted by atomic mass is 10.0. The third-order valence-corrected chi connectivity index (χ3v) is 10.2. The van der Waals surface area contributed by atoms with Crippen LogP contribution >= 0.6 is 11.3 Å². The van der Waals surface area contributed by atoms with Crippen LogP contribution in [-0.4, -0.2) is 60.2 Å².